The number of para-hydroxylation sites is 1. The van der Waals surface area contributed by atoms with Gasteiger partial charge in [0.25, 0.3) is 0 Å². The van der Waals surface area contributed by atoms with Crippen molar-refractivity contribution in [2.24, 2.45) is 0 Å². The zero-order valence-electron chi connectivity index (χ0n) is 9.53. The number of hydrogen-bond donors (Lipinski definition) is 0. The lowest BCUT2D eigenvalue weighted by atomic mass is 10.0. The molecule has 0 N–H and O–H groups in total. The third-order valence-electron chi connectivity index (χ3n) is 2.92. The van der Waals surface area contributed by atoms with E-state index in [2.05, 4.69) is 0 Å². The molecular formula is C14H12O3. The van der Waals surface area contributed by atoms with Crippen LogP contribution in [-0.4, -0.2) is 12.4 Å². The summed E-state index contributed by atoms with van der Waals surface area (Å²) in [6, 6.07) is 9.15. The van der Waals surface area contributed by atoms with Crippen LogP contribution in [0.5, 0.6) is 5.75 Å². The lowest BCUT2D eigenvalue weighted by Gasteiger charge is -2.05. The second-order valence-corrected chi connectivity index (χ2v) is 4.13. The van der Waals surface area contributed by atoms with Crippen LogP contribution < -0.4 is 4.74 Å². The van der Waals surface area contributed by atoms with Crippen LogP contribution in [0.2, 0.25) is 0 Å². The van der Waals surface area contributed by atoms with Crippen LogP contribution in [-0.2, 0) is 6.42 Å². The Bertz CT molecular complexity index is 581. The molecule has 1 aromatic carbocycles. The summed E-state index contributed by atoms with van der Waals surface area (Å²) in [5, 5.41) is 0. The van der Waals surface area contributed by atoms with E-state index >= 15 is 0 Å². The van der Waals surface area contributed by atoms with Crippen molar-refractivity contribution in [3.8, 4) is 5.75 Å². The lowest BCUT2D eigenvalue weighted by Crippen LogP contribution is -2.02. The molecule has 2 heterocycles. The molecule has 0 radical (unpaired) electrons. The maximum absolute atomic E-state index is 12.2. The van der Waals surface area contributed by atoms with Crippen molar-refractivity contribution in [1.29, 1.82) is 0 Å². The molecule has 0 amide bonds. The largest absolute Gasteiger partial charge is 0.492 e. The van der Waals surface area contributed by atoms with Gasteiger partial charge < -0.3 is 9.15 Å². The highest BCUT2D eigenvalue weighted by Crippen LogP contribution is 2.31. The average Bonchev–Trinajstić information content (AvgIpc) is 2.95. The Hall–Kier alpha value is -2.03. The van der Waals surface area contributed by atoms with Crippen molar-refractivity contribution in [3.63, 3.8) is 0 Å². The van der Waals surface area contributed by atoms with E-state index in [-0.39, 0.29) is 5.78 Å². The normalized spacial score (nSPS) is 13.2. The van der Waals surface area contributed by atoms with Gasteiger partial charge >= 0.3 is 0 Å². The van der Waals surface area contributed by atoms with E-state index in [0.717, 1.165) is 17.7 Å². The molecule has 0 spiro atoms. The highest BCUT2D eigenvalue weighted by molar-refractivity contribution is 6.09. The van der Waals surface area contributed by atoms with Crippen LogP contribution in [0, 0.1) is 6.92 Å². The summed E-state index contributed by atoms with van der Waals surface area (Å²) in [6.07, 6.45) is 0.869. The summed E-state index contributed by atoms with van der Waals surface area (Å²) < 4.78 is 10.9. The second-order valence-electron chi connectivity index (χ2n) is 4.13. The van der Waals surface area contributed by atoms with Crippen LogP contribution in [0.3, 0.4) is 0 Å². The molecule has 0 aliphatic carbocycles. The predicted octanol–water partition coefficient (Wildman–Crippen LogP) is 2.75. The molecule has 0 atom stereocenters. The van der Waals surface area contributed by atoms with E-state index < -0.39 is 0 Å². The Morgan fingerprint density at radius 3 is 2.88 bits per heavy atom. The molecular weight excluding hydrogens is 216 g/mol. The number of furan rings is 1. The smallest absolute Gasteiger partial charge is 0.231 e. The molecule has 17 heavy (non-hydrogen) atoms. The zero-order valence-corrected chi connectivity index (χ0v) is 9.53. The number of carbonyl (C=O) groups excluding carboxylic acids is 1. The maximum atomic E-state index is 12.2. The summed E-state index contributed by atoms with van der Waals surface area (Å²) in [5.41, 5.74) is 1.69. The van der Waals surface area contributed by atoms with E-state index in [4.69, 9.17) is 9.15 Å². The quantitative estimate of drug-likeness (QED) is 0.742. The highest BCUT2D eigenvalue weighted by Gasteiger charge is 2.22. The number of benzene rings is 1. The molecule has 3 heteroatoms. The highest BCUT2D eigenvalue weighted by atomic mass is 16.5. The van der Waals surface area contributed by atoms with Crippen LogP contribution in [0.15, 0.2) is 34.7 Å². The van der Waals surface area contributed by atoms with Gasteiger partial charge in [0.15, 0.2) is 5.76 Å². The number of carbonyl (C=O) groups is 1. The molecule has 2 aromatic rings. The Balaban J connectivity index is 2.05. The van der Waals surface area contributed by atoms with Crippen molar-refractivity contribution in [2.45, 2.75) is 13.3 Å². The molecule has 1 aliphatic rings. The number of ether oxygens (including phenoxy) is 1. The number of aryl methyl sites for hydroxylation is 1. The van der Waals surface area contributed by atoms with E-state index in [1.807, 2.05) is 19.1 Å². The third kappa shape index (κ3) is 1.64. The summed E-state index contributed by atoms with van der Waals surface area (Å²) in [7, 11) is 0. The fourth-order valence-corrected chi connectivity index (χ4v) is 2.08. The van der Waals surface area contributed by atoms with E-state index in [1.165, 1.54) is 0 Å². The van der Waals surface area contributed by atoms with Gasteiger partial charge in [-0.05, 0) is 30.7 Å². The summed E-state index contributed by atoms with van der Waals surface area (Å²) >= 11 is 0. The first-order chi connectivity index (χ1) is 8.25. The second kappa shape index (κ2) is 3.77. The first kappa shape index (κ1) is 10.1. The SMILES string of the molecule is Cc1ccc(C(=O)c2cccc3c2OCC3)o1. The molecule has 3 nitrogen and oxygen atoms in total. The molecule has 3 rings (SSSR count). The van der Waals surface area contributed by atoms with Gasteiger partial charge in [0.1, 0.15) is 11.5 Å². The van der Waals surface area contributed by atoms with Gasteiger partial charge in [0.05, 0.1) is 12.2 Å². The topological polar surface area (TPSA) is 39.4 Å². The Kier molecular flexibility index (Phi) is 2.25. The van der Waals surface area contributed by atoms with Crippen molar-refractivity contribution < 1.29 is 13.9 Å². The number of ketones is 1. The Morgan fingerprint density at radius 1 is 1.24 bits per heavy atom. The molecule has 0 saturated carbocycles. The molecule has 0 fully saturated rings. The third-order valence-corrected chi connectivity index (χ3v) is 2.92. The summed E-state index contributed by atoms with van der Waals surface area (Å²) in [4.78, 5) is 12.2. The molecule has 86 valence electrons. The minimum absolute atomic E-state index is 0.114. The monoisotopic (exact) mass is 228 g/mol. The first-order valence-electron chi connectivity index (χ1n) is 5.61. The lowest BCUT2D eigenvalue weighted by molar-refractivity contribution is 0.100. The number of fused-ring (bicyclic) bond motifs is 1. The molecule has 0 saturated heterocycles. The van der Waals surface area contributed by atoms with Crippen LogP contribution >= 0.6 is 0 Å². The fraction of sp³-hybridized carbons (Fsp3) is 0.214. The van der Waals surface area contributed by atoms with E-state index in [1.54, 1.807) is 18.2 Å². The van der Waals surface area contributed by atoms with Crippen molar-refractivity contribution in [3.05, 3.63) is 53.0 Å². The standard InChI is InChI=1S/C14H12O3/c1-9-5-6-12(17-9)13(15)11-4-2-3-10-7-8-16-14(10)11/h2-6H,7-8H2,1H3. The van der Waals surface area contributed by atoms with Gasteiger partial charge in [0, 0.05) is 6.42 Å². The molecule has 1 aliphatic heterocycles. The predicted molar refractivity (Wildman–Crippen MR) is 62.5 cm³/mol. The van der Waals surface area contributed by atoms with Gasteiger partial charge in [-0.3, -0.25) is 4.79 Å². The van der Waals surface area contributed by atoms with Gasteiger partial charge in [-0.15, -0.1) is 0 Å². The van der Waals surface area contributed by atoms with Crippen molar-refractivity contribution >= 4 is 5.78 Å². The van der Waals surface area contributed by atoms with E-state index in [0.29, 0.717) is 23.7 Å². The number of hydrogen-bond acceptors (Lipinski definition) is 3. The molecule has 0 bridgehead atoms. The van der Waals surface area contributed by atoms with E-state index in [9.17, 15) is 4.79 Å². The summed E-state index contributed by atoms with van der Waals surface area (Å²) in [5.74, 6) is 1.71. The molecule has 0 unspecified atom stereocenters. The summed E-state index contributed by atoms with van der Waals surface area (Å²) in [6.45, 7) is 2.47. The van der Waals surface area contributed by atoms with Crippen LogP contribution in [0.1, 0.15) is 27.4 Å². The Labute approximate surface area is 99.0 Å². The van der Waals surface area contributed by atoms with Crippen LogP contribution in [0.4, 0.5) is 0 Å². The van der Waals surface area contributed by atoms with Crippen molar-refractivity contribution in [2.75, 3.05) is 6.61 Å². The van der Waals surface area contributed by atoms with Gasteiger partial charge in [0.2, 0.25) is 5.78 Å². The Morgan fingerprint density at radius 2 is 2.12 bits per heavy atom. The first-order valence-corrected chi connectivity index (χ1v) is 5.61. The van der Waals surface area contributed by atoms with Crippen molar-refractivity contribution in [1.82, 2.24) is 0 Å². The average molecular weight is 228 g/mol. The minimum atomic E-state index is -0.114. The van der Waals surface area contributed by atoms with Crippen LogP contribution in [0.25, 0.3) is 0 Å². The zero-order chi connectivity index (χ0) is 11.8. The maximum Gasteiger partial charge on any atom is 0.231 e. The minimum Gasteiger partial charge on any atom is -0.492 e. The van der Waals surface area contributed by atoms with Gasteiger partial charge in [-0.25, -0.2) is 0 Å². The van der Waals surface area contributed by atoms with Gasteiger partial charge in [-0.2, -0.15) is 0 Å². The fourth-order valence-electron chi connectivity index (χ4n) is 2.08. The van der Waals surface area contributed by atoms with Gasteiger partial charge in [-0.1, -0.05) is 12.1 Å². The number of rotatable bonds is 2. The molecule has 1 aromatic heterocycles.